The van der Waals surface area contributed by atoms with Crippen molar-refractivity contribution in [2.24, 2.45) is 11.8 Å². The summed E-state index contributed by atoms with van der Waals surface area (Å²) in [5, 5.41) is 0.444. The largest absolute Gasteiger partial charge is 0.397 e. The highest BCUT2D eigenvalue weighted by atomic mass is 35.5. The molecule has 1 aromatic rings. The highest BCUT2D eigenvalue weighted by Crippen LogP contribution is 2.27. The average molecular weight is 267 g/mol. The lowest BCUT2D eigenvalue weighted by Crippen LogP contribution is -2.42. The Morgan fingerprint density at radius 1 is 1.39 bits per heavy atom. The minimum atomic E-state index is -0.00579. The van der Waals surface area contributed by atoms with Crippen LogP contribution in [-0.2, 0) is 0 Å². The molecule has 2 unspecified atom stereocenters. The van der Waals surface area contributed by atoms with Crippen LogP contribution in [0.15, 0.2) is 18.2 Å². The molecule has 98 valence electrons. The van der Waals surface area contributed by atoms with E-state index in [1.54, 1.807) is 18.2 Å². The Morgan fingerprint density at radius 2 is 2.11 bits per heavy atom. The van der Waals surface area contributed by atoms with Crippen molar-refractivity contribution in [3.63, 3.8) is 0 Å². The number of hydrogen-bond donors (Lipinski definition) is 1. The summed E-state index contributed by atoms with van der Waals surface area (Å²) in [6.45, 7) is 6.02. The molecule has 1 aliphatic rings. The molecule has 1 heterocycles. The van der Waals surface area contributed by atoms with E-state index in [9.17, 15) is 4.79 Å². The lowest BCUT2D eigenvalue weighted by atomic mass is 9.88. The Kier molecular flexibility index (Phi) is 3.81. The number of amides is 1. The molecular weight excluding hydrogens is 248 g/mol. The zero-order chi connectivity index (χ0) is 13.3. The third-order valence-corrected chi connectivity index (χ3v) is 4.23. The smallest absolute Gasteiger partial charge is 0.256 e. The second-order valence-corrected chi connectivity index (χ2v) is 5.60. The molecule has 1 aliphatic heterocycles. The molecule has 3 nitrogen and oxygen atoms in total. The second kappa shape index (κ2) is 5.19. The Morgan fingerprint density at radius 3 is 2.78 bits per heavy atom. The Balaban J connectivity index is 2.19. The summed E-state index contributed by atoms with van der Waals surface area (Å²) in [5.74, 6) is 1.20. The van der Waals surface area contributed by atoms with Gasteiger partial charge in [0.25, 0.3) is 5.91 Å². The van der Waals surface area contributed by atoms with Crippen LogP contribution in [0.25, 0.3) is 0 Å². The molecule has 1 amide bonds. The third kappa shape index (κ3) is 2.46. The predicted octanol–water partition coefficient (Wildman–Crippen LogP) is 3.04. The minimum absolute atomic E-state index is 0.00579. The van der Waals surface area contributed by atoms with E-state index in [-0.39, 0.29) is 5.91 Å². The van der Waals surface area contributed by atoms with E-state index in [4.69, 9.17) is 17.3 Å². The van der Waals surface area contributed by atoms with E-state index in [0.29, 0.717) is 28.1 Å². The van der Waals surface area contributed by atoms with Gasteiger partial charge in [-0.15, -0.1) is 0 Å². The number of hydrogen-bond acceptors (Lipinski definition) is 2. The zero-order valence-electron chi connectivity index (χ0n) is 10.8. The van der Waals surface area contributed by atoms with Crippen LogP contribution in [0.2, 0.25) is 5.02 Å². The van der Waals surface area contributed by atoms with E-state index in [1.807, 2.05) is 4.90 Å². The van der Waals surface area contributed by atoms with Gasteiger partial charge in [-0.3, -0.25) is 4.79 Å². The lowest BCUT2D eigenvalue weighted by molar-refractivity contribution is 0.0628. The number of carbonyl (C=O) groups excluding carboxylic acids is 1. The van der Waals surface area contributed by atoms with Crippen molar-refractivity contribution < 1.29 is 4.79 Å². The van der Waals surface area contributed by atoms with Crippen LogP contribution >= 0.6 is 11.6 Å². The van der Waals surface area contributed by atoms with E-state index >= 15 is 0 Å². The molecule has 1 saturated heterocycles. The van der Waals surface area contributed by atoms with Gasteiger partial charge in [0.1, 0.15) is 0 Å². The van der Waals surface area contributed by atoms with E-state index in [1.165, 1.54) is 0 Å². The Labute approximate surface area is 113 Å². The van der Waals surface area contributed by atoms with Gasteiger partial charge in [-0.25, -0.2) is 0 Å². The third-order valence-electron chi connectivity index (χ3n) is 3.90. The van der Waals surface area contributed by atoms with Crippen LogP contribution in [0.4, 0.5) is 5.69 Å². The maximum atomic E-state index is 12.4. The SMILES string of the molecule is CC1CCN(C(=O)c2cccc(Cl)c2N)CC1C. The number of nitrogens with zero attached hydrogens (tertiary/aromatic N) is 1. The molecule has 1 aromatic carbocycles. The van der Waals surface area contributed by atoms with Crippen LogP contribution < -0.4 is 5.73 Å². The molecule has 2 N–H and O–H groups in total. The molecule has 0 aliphatic carbocycles. The van der Waals surface area contributed by atoms with E-state index < -0.39 is 0 Å². The number of likely N-dealkylation sites (tertiary alicyclic amines) is 1. The van der Waals surface area contributed by atoms with Gasteiger partial charge in [-0.1, -0.05) is 31.5 Å². The van der Waals surface area contributed by atoms with Crippen molar-refractivity contribution in [3.8, 4) is 0 Å². The fourth-order valence-corrected chi connectivity index (χ4v) is 2.52. The molecule has 18 heavy (non-hydrogen) atoms. The van der Waals surface area contributed by atoms with E-state index in [0.717, 1.165) is 19.5 Å². The summed E-state index contributed by atoms with van der Waals surface area (Å²) in [4.78, 5) is 14.3. The molecule has 2 rings (SSSR count). The summed E-state index contributed by atoms with van der Waals surface area (Å²) < 4.78 is 0. The number of para-hydroxylation sites is 1. The average Bonchev–Trinajstić information content (AvgIpc) is 2.35. The highest BCUT2D eigenvalue weighted by Gasteiger charge is 2.27. The summed E-state index contributed by atoms with van der Waals surface area (Å²) in [6, 6.07) is 5.21. The number of carbonyl (C=O) groups is 1. The summed E-state index contributed by atoms with van der Waals surface area (Å²) in [7, 11) is 0. The number of nitrogen functional groups attached to an aromatic ring is 1. The maximum absolute atomic E-state index is 12.4. The number of benzene rings is 1. The number of halogens is 1. The van der Waals surface area contributed by atoms with E-state index in [2.05, 4.69) is 13.8 Å². The fourth-order valence-electron chi connectivity index (χ4n) is 2.34. The van der Waals surface area contributed by atoms with Gasteiger partial charge in [0, 0.05) is 13.1 Å². The Bertz CT molecular complexity index is 461. The molecule has 4 heteroatoms. The first kappa shape index (κ1) is 13.2. The van der Waals surface area contributed by atoms with Crippen molar-refractivity contribution in [2.45, 2.75) is 20.3 Å². The van der Waals surface area contributed by atoms with Crippen molar-refractivity contribution in [3.05, 3.63) is 28.8 Å². The van der Waals surface area contributed by atoms with Gasteiger partial charge in [0.05, 0.1) is 16.3 Å². The van der Waals surface area contributed by atoms with Crippen molar-refractivity contribution in [1.29, 1.82) is 0 Å². The highest BCUT2D eigenvalue weighted by molar-refractivity contribution is 6.33. The van der Waals surface area contributed by atoms with Gasteiger partial charge in [0.2, 0.25) is 0 Å². The second-order valence-electron chi connectivity index (χ2n) is 5.20. The quantitative estimate of drug-likeness (QED) is 0.794. The standard InChI is InChI=1S/C14H19ClN2O/c1-9-6-7-17(8-10(9)2)14(18)11-4-3-5-12(15)13(11)16/h3-5,9-10H,6-8,16H2,1-2H3. The van der Waals surface area contributed by atoms with Crippen molar-refractivity contribution in [1.82, 2.24) is 4.90 Å². The minimum Gasteiger partial charge on any atom is -0.397 e. The molecule has 0 bridgehead atoms. The van der Waals surface area contributed by atoms with Gasteiger partial charge < -0.3 is 10.6 Å². The van der Waals surface area contributed by atoms with Crippen LogP contribution in [0, 0.1) is 11.8 Å². The summed E-state index contributed by atoms with van der Waals surface area (Å²) in [5.41, 5.74) is 6.78. The number of nitrogens with two attached hydrogens (primary N) is 1. The first-order valence-corrected chi connectivity index (χ1v) is 6.71. The van der Waals surface area contributed by atoms with Crippen molar-refractivity contribution >= 4 is 23.2 Å². The first-order chi connectivity index (χ1) is 8.50. The van der Waals surface area contributed by atoms with Gasteiger partial charge >= 0.3 is 0 Å². The molecule has 0 saturated carbocycles. The topological polar surface area (TPSA) is 46.3 Å². The molecule has 0 aromatic heterocycles. The van der Waals surface area contributed by atoms with Gasteiger partial charge in [-0.05, 0) is 30.4 Å². The van der Waals surface area contributed by atoms with Crippen LogP contribution in [0.1, 0.15) is 30.6 Å². The molecular formula is C14H19ClN2O. The van der Waals surface area contributed by atoms with Crippen molar-refractivity contribution in [2.75, 3.05) is 18.8 Å². The summed E-state index contributed by atoms with van der Waals surface area (Å²) >= 11 is 5.95. The molecule has 1 fully saturated rings. The lowest BCUT2D eigenvalue weighted by Gasteiger charge is -2.35. The molecule has 0 radical (unpaired) electrons. The Hall–Kier alpha value is -1.22. The first-order valence-electron chi connectivity index (χ1n) is 6.34. The molecule has 0 spiro atoms. The maximum Gasteiger partial charge on any atom is 0.256 e. The predicted molar refractivity (Wildman–Crippen MR) is 74.7 cm³/mol. The van der Waals surface area contributed by atoms with Gasteiger partial charge in [0.15, 0.2) is 0 Å². The number of anilines is 1. The normalized spacial score (nSPS) is 24.1. The summed E-state index contributed by atoms with van der Waals surface area (Å²) in [6.07, 6.45) is 1.05. The van der Waals surface area contributed by atoms with Crippen LogP contribution in [0.5, 0.6) is 0 Å². The number of rotatable bonds is 1. The van der Waals surface area contributed by atoms with Crippen LogP contribution in [-0.4, -0.2) is 23.9 Å². The zero-order valence-corrected chi connectivity index (χ0v) is 11.6. The molecule has 2 atom stereocenters. The number of piperidine rings is 1. The van der Waals surface area contributed by atoms with Crippen LogP contribution in [0.3, 0.4) is 0 Å². The van der Waals surface area contributed by atoms with Gasteiger partial charge in [-0.2, -0.15) is 0 Å². The monoisotopic (exact) mass is 266 g/mol. The fraction of sp³-hybridized carbons (Fsp3) is 0.500.